The molecule has 0 aromatic carbocycles. The summed E-state index contributed by atoms with van der Waals surface area (Å²) in [6.45, 7) is 0. The van der Waals surface area contributed by atoms with Crippen LogP contribution >= 0.6 is 11.8 Å². The highest BCUT2D eigenvalue weighted by molar-refractivity contribution is 7.98. The Morgan fingerprint density at radius 3 is 2.87 bits per heavy atom. The topological polar surface area (TPSA) is 69.6 Å². The highest BCUT2D eigenvalue weighted by Gasteiger charge is 2.01. The third kappa shape index (κ3) is 2.47. The molecule has 0 saturated carbocycles. The smallest absolute Gasteiger partial charge is 0.138 e. The van der Waals surface area contributed by atoms with Crippen LogP contribution in [-0.2, 0) is 12.8 Å². The zero-order valence-electron chi connectivity index (χ0n) is 8.29. The molecule has 2 aromatic heterocycles. The quantitative estimate of drug-likeness (QED) is 0.785. The molecule has 0 radical (unpaired) electrons. The average molecular weight is 221 g/mol. The van der Waals surface area contributed by atoms with Crippen LogP contribution < -0.4 is 5.73 Å². The van der Waals surface area contributed by atoms with Crippen molar-refractivity contribution in [2.75, 3.05) is 5.73 Å². The Bertz CT molecular complexity index is 436. The van der Waals surface area contributed by atoms with E-state index in [0.717, 1.165) is 16.5 Å². The molecule has 0 spiro atoms. The van der Waals surface area contributed by atoms with E-state index in [1.54, 1.807) is 35.0 Å². The summed E-state index contributed by atoms with van der Waals surface area (Å²) in [6.07, 6.45) is 3.31. The molecule has 0 unspecified atom stereocenters. The fraction of sp³-hybridized carbons (Fsp3) is 0.222. The van der Waals surface area contributed by atoms with Crippen LogP contribution in [0.2, 0.25) is 0 Å². The summed E-state index contributed by atoms with van der Waals surface area (Å²) in [4.78, 5) is 9.23. The van der Waals surface area contributed by atoms with Gasteiger partial charge in [-0.25, -0.2) is 9.97 Å². The van der Waals surface area contributed by atoms with Crippen molar-refractivity contribution in [2.45, 2.75) is 10.6 Å². The summed E-state index contributed by atoms with van der Waals surface area (Å²) in [5.74, 6) is 2.26. The summed E-state index contributed by atoms with van der Waals surface area (Å²) in [6, 6.07) is 3.74. The van der Waals surface area contributed by atoms with Crippen molar-refractivity contribution in [3.05, 3.63) is 30.5 Å². The molecule has 0 bridgehead atoms. The van der Waals surface area contributed by atoms with Crippen LogP contribution in [-0.4, -0.2) is 19.7 Å². The lowest BCUT2D eigenvalue weighted by Gasteiger charge is -2.00. The molecular weight excluding hydrogens is 210 g/mol. The number of rotatable bonds is 3. The van der Waals surface area contributed by atoms with E-state index in [0.29, 0.717) is 5.82 Å². The molecule has 2 heterocycles. The van der Waals surface area contributed by atoms with Crippen molar-refractivity contribution in [3.8, 4) is 0 Å². The first-order chi connectivity index (χ1) is 7.25. The van der Waals surface area contributed by atoms with Crippen LogP contribution in [0.4, 0.5) is 5.82 Å². The van der Waals surface area contributed by atoms with Crippen molar-refractivity contribution in [2.24, 2.45) is 7.05 Å². The summed E-state index contributed by atoms with van der Waals surface area (Å²) in [7, 11) is 1.88. The van der Waals surface area contributed by atoms with Gasteiger partial charge in [-0.1, -0.05) is 0 Å². The van der Waals surface area contributed by atoms with Crippen molar-refractivity contribution in [1.29, 1.82) is 0 Å². The summed E-state index contributed by atoms with van der Waals surface area (Å²) < 4.78 is 1.76. The molecule has 6 heteroatoms. The van der Waals surface area contributed by atoms with Crippen molar-refractivity contribution < 1.29 is 0 Å². The SMILES string of the molecule is Cn1ncnc1CSc1ccc(N)nc1. The van der Waals surface area contributed by atoms with E-state index in [4.69, 9.17) is 5.73 Å². The first-order valence-corrected chi connectivity index (χ1v) is 5.41. The molecule has 0 aliphatic heterocycles. The lowest BCUT2D eigenvalue weighted by molar-refractivity contribution is 0.730. The Morgan fingerprint density at radius 1 is 1.40 bits per heavy atom. The summed E-state index contributed by atoms with van der Waals surface area (Å²) in [5, 5.41) is 4.00. The second kappa shape index (κ2) is 4.31. The van der Waals surface area contributed by atoms with Gasteiger partial charge in [0.05, 0.1) is 5.75 Å². The second-order valence-electron chi connectivity index (χ2n) is 3.01. The van der Waals surface area contributed by atoms with Crippen LogP contribution in [0, 0.1) is 0 Å². The maximum Gasteiger partial charge on any atom is 0.138 e. The van der Waals surface area contributed by atoms with E-state index < -0.39 is 0 Å². The third-order valence-electron chi connectivity index (χ3n) is 1.93. The number of nitrogen functional groups attached to an aromatic ring is 1. The average Bonchev–Trinajstić information content (AvgIpc) is 2.63. The Balaban J connectivity index is 1.99. The zero-order valence-corrected chi connectivity index (χ0v) is 9.11. The molecule has 0 aliphatic rings. The molecule has 15 heavy (non-hydrogen) atoms. The maximum absolute atomic E-state index is 5.49. The number of anilines is 1. The Hall–Kier alpha value is -1.56. The molecule has 0 aliphatic carbocycles. The summed E-state index contributed by atoms with van der Waals surface area (Å²) >= 11 is 1.66. The fourth-order valence-corrected chi connectivity index (χ4v) is 1.92. The van der Waals surface area contributed by atoms with Crippen molar-refractivity contribution in [1.82, 2.24) is 19.7 Å². The van der Waals surface area contributed by atoms with E-state index >= 15 is 0 Å². The van der Waals surface area contributed by atoms with E-state index in [1.165, 1.54) is 0 Å². The fourth-order valence-electron chi connectivity index (χ4n) is 1.08. The molecule has 0 fully saturated rings. The zero-order chi connectivity index (χ0) is 10.7. The van der Waals surface area contributed by atoms with E-state index in [9.17, 15) is 0 Å². The monoisotopic (exact) mass is 221 g/mol. The van der Waals surface area contributed by atoms with Crippen LogP contribution in [0.25, 0.3) is 0 Å². The minimum absolute atomic E-state index is 0.540. The van der Waals surface area contributed by atoms with Crippen molar-refractivity contribution >= 4 is 17.6 Å². The molecule has 5 nitrogen and oxygen atoms in total. The van der Waals surface area contributed by atoms with Crippen LogP contribution in [0.1, 0.15) is 5.82 Å². The molecular formula is C9H11N5S. The maximum atomic E-state index is 5.49. The normalized spacial score (nSPS) is 10.5. The lowest BCUT2D eigenvalue weighted by Crippen LogP contribution is -1.97. The number of hydrogen-bond acceptors (Lipinski definition) is 5. The molecule has 2 rings (SSSR count). The van der Waals surface area contributed by atoms with Gasteiger partial charge >= 0.3 is 0 Å². The number of hydrogen-bond donors (Lipinski definition) is 1. The van der Waals surface area contributed by atoms with Crippen LogP contribution in [0.3, 0.4) is 0 Å². The second-order valence-corrected chi connectivity index (χ2v) is 4.06. The van der Waals surface area contributed by atoms with Gasteiger partial charge in [0.1, 0.15) is 18.0 Å². The van der Waals surface area contributed by atoms with Gasteiger partial charge in [0.15, 0.2) is 0 Å². The minimum Gasteiger partial charge on any atom is -0.384 e. The first-order valence-electron chi connectivity index (χ1n) is 4.43. The summed E-state index contributed by atoms with van der Waals surface area (Å²) in [5.41, 5.74) is 5.49. The Kier molecular flexibility index (Phi) is 2.86. The minimum atomic E-state index is 0.540. The molecule has 78 valence electrons. The lowest BCUT2D eigenvalue weighted by atomic mass is 10.5. The molecule has 0 amide bonds. The molecule has 2 N–H and O–H groups in total. The largest absolute Gasteiger partial charge is 0.384 e. The van der Waals surface area contributed by atoms with E-state index in [2.05, 4.69) is 15.1 Å². The number of nitrogens with zero attached hydrogens (tertiary/aromatic N) is 4. The highest BCUT2D eigenvalue weighted by Crippen LogP contribution is 2.20. The van der Waals surface area contributed by atoms with Gasteiger partial charge in [0.25, 0.3) is 0 Å². The number of nitrogens with two attached hydrogens (primary N) is 1. The number of pyridine rings is 1. The van der Waals surface area contributed by atoms with Gasteiger partial charge in [0, 0.05) is 18.1 Å². The Morgan fingerprint density at radius 2 is 2.27 bits per heavy atom. The highest BCUT2D eigenvalue weighted by atomic mass is 32.2. The predicted molar refractivity (Wildman–Crippen MR) is 59.2 cm³/mol. The predicted octanol–water partition coefficient (Wildman–Crippen LogP) is 1.08. The van der Waals surface area contributed by atoms with Gasteiger partial charge in [0.2, 0.25) is 0 Å². The van der Waals surface area contributed by atoms with Crippen LogP contribution in [0.5, 0.6) is 0 Å². The third-order valence-corrected chi connectivity index (χ3v) is 2.91. The number of aryl methyl sites for hydroxylation is 1. The first kappa shape index (κ1) is 9.97. The molecule has 2 aromatic rings. The van der Waals surface area contributed by atoms with Gasteiger partial charge in [-0.15, -0.1) is 11.8 Å². The van der Waals surface area contributed by atoms with Crippen molar-refractivity contribution in [3.63, 3.8) is 0 Å². The van der Waals surface area contributed by atoms with E-state index in [1.807, 2.05) is 13.1 Å². The van der Waals surface area contributed by atoms with E-state index in [-0.39, 0.29) is 0 Å². The van der Waals surface area contributed by atoms with Gasteiger partial charge in [-0.3, -0.25) is 4.68 Å². The van der Waals surface area contributed by atoms with Gasteiger partial charge < -0.3 is 5.73 Å². The molecule has 0 atom stereocenters. The van der Waals surface area contributed by atoms with Gasteiger partial charge in [-0.2, -0.15) is 5.10 Å². The number of thioether (sulfide) groups is 1. The van der Waals surface area contributed by atoms with Crippen LogP contribution in [0.15, 0.2) is 29.6 Å². The standard InChI is InChI=1S/C9H11N5S/c1-14-9(12-6-13-14)5-15-7-2-3-8(10)11-4-7/h2-4,6H,5H2,1H3,(H2,10,11). The number of aromatic nitrogens is 4. The van der Waals surface area contributed by atoms with Gasteiger partial charge in [-0.05, 0) is 12.1 Å². The Labute approximate surface area is 91.7 Å². The molecule has 0 saturated heterocycles.